The van der Waals surface area contributed by atoms with Crippen LogP contribution in [0, 0.1) is 6.92 Å². The summed E-state index contributed by atoms with van der Waals surface area (Å²) < 4.78 is 27.1. The van der Waals surface area contributed by atoms with Crippen LogP contribution in [0.5, 0.6) is 0 Å². The first-order valence-corrected chi connectivity index (χ1v) is 8.97. The molecule has 0 aliphatic rings. The zero-order valence-corrected chi connectivity index (χ0v) is 13.7. The molecule has 3 aromatic rings. The lowest BCUT2D eigenvalue weighted by Gasteiger charge is -2.07. The predicted octanol–water partition coefficient (Wildman–Crippen LogP) is 1.28. The molecule has 8 heteroatoms. The quantitative estimate of drug-likeness (QED) is 0.703. The topological polar surface area (TPSA) is 82.7 Å². The van der Waals surface area contributed by atoms with Gasteiger partial charge in [0, 0.05) is 12.5 Å². The van der Waals surface area contributed by atoms with Gasteiger partial charge in [-0.05, 0) is 24.1 Å². The summed E-state index contributed by atoms with van der Waals surface area (Å²) in [7, 11) is -3.27. The highest BCUT2D eigenvalue weighted by atomic mass is 32.2. The molecule has 0 aliphatic heterocycles. The first-order chi connectivity index (χ1) is 10.9. The lowest BCUT2D eigenvalue weighted by Crippen LogP contribution is -2.07. The largest absolute Gasteiger partial charge is 0.266 e. The fraction of sp³-hybridized carbons (Fsp3) is 0.267. The van der Waals surface area contributed by atoms with E-state index < -0.39 is 9.84 Å². The Bertz CT molecular complexity index is 927. The number of hydrogen-bond donors (Lipinski definition) is 0. The minimum atomic E-state index is -3.27. The standard InChI is InChI=1S/C15H17N5O2S/c1-12-7-16-19(8-12)10-14-11-20(18-17-14)9-13-5-3-4-6-15(13)23(2,21)22/h3-8,11H,9-10H2,1-2H3. The van der Waals surface area contributed by atoms with Crippen molar-refractivity contribution in [2.75, 3.05) is 6.26 Å². The molecule has 0 radical (unpaired) electrons. The molecular weight excluding hydrogens is 314 g/mol. The average molecular weight is 331 g/mol. The number of sulfone groups is 1. The maximum absolute atomic E-state index is 11.8. The Morgan fingerprint density at radius 1 is 1.09 bits per heavy atom. The summed E-state index contributed by atoms with van der Waals surface area (Å²) in [6.45, 7) is 2.86. The maximum atomic E-state index is 11.8. The van der Waals surface area contributed by atoms with Gasteiger partial charge in [-0.25, -0.2) is 13.1 Å². The SMILES string of the molecule is Cc1cnn(Cc2cn(Cc3ccccc3S(C)(=O)=O)nn2)c1. The van der Waals surface area contributed by atoms with Gasteiger partial charge < -0.3 is 0 Å². The van der Waals surface area contributed by atoms with Gasteiger partial charge in [-0.1, -0.05) is 23.4 Å². The number of benzene rings is 1. The molecule has 0 spiro atoms. The van der Waals surface area contributed by atoms with Crippen molar-refractivity contribution in [3.8, 4) is 0 Å². The third kappa shape index (κ3) is 3.65. The van der Waals surface area contributed by atoms with Crippen LogP contribution < -0.4 is 0 Å². The molecule has 23 heavy (non-hydrogen) atoms. The van der Waals surface area contributed by atoms with E-state index in [0.29, 0.717) is 23.5 Å². The van der Waals surface area contributed by atoms with Gasteiger partial charge in [0.15, 0.2) is 9.84 Å². The molecule has 2 heterocycles. The van der Waals surface area contributed by atoms with E-state index >= 15 is 0 Å². The van der Waals surface area contributed by atoms with Gasteiger partial charge in [0.25, 0.3) is 0 Å². The number of hydrogen-bond acceptors (Lipinski definition) is 5. The van der Waals surface area contributed by atoms with Crippen molar-refractivity contribution in [2.45, 2.75) is 24.9 Å². The summed E-state index contributed by atoms with van der Waals surface area (Å²) >= 11 is 0. The fourth-order valence-electron chi connectivity index (χ4n) is 2.38. The van der Waals surface area contributed by atoms with Crippen molar-refractivity contribution < 1.29 is 8.42 Å². The minimum absolute atomic E-state index is 0.319. The second kappa shape index (κ2) is 5.96. The molecule has 0 unspecified atom stereocenters. The van der Waals surface area contributed by atoms with Crippen molar-refractivity contribution in [1.29, 1.82) is 0 Å². The van der Waals surface area contributed by atoms with E-state index in [9.17, 15) is 8.42 Å². The van der Waals surface area contributed by atoms with Gasteiger partial charge in [-0.15, -0.1) is 5.10 Å². The zero-order valence-electron chi connectivity index (χ0n) is 12.9. The molecule has 3 rings (SSSR count). The minimum Gasteiger partial charge on any atom is -0.266 e. The van der Waals surface area contributed by atoms with Crippen molar-refractivity contribution in [1.82, 2.24) is 24.8 Å². The molecule has 0 N–H and O–H groups in total. The number of aryl methyl sites for hydroxylation is 1. The number of nitrogens with zero attached hydrogens (tertiary/aromatic N) is 5. The molecule has 0 amide bonds. The molecular formula is C15H17N5O2S. The Labute approximate surface area is 134 Å². The van der Waals surface area contributed by atoms with E-state index in [0.717, 1.165) is 11.3 Å². The van der Waals surface area contributed by atoms with E-state index in [4.69, 9.17) is 0 Å². The summed E-state index contributed by atoms with van der Waals surface area (Å²) in [5.41, 5.74) is 2.55. The van der Waals surface area contributed by atoms with Crippen LogP contribution in [-0.2, 0) is 22.9 Å². The maximum Gasteiger partial charge on any atom is 0.175 e. The van der Waals surface area contributed by atoms with Crippen molar-refractivity contribution in [3.05, 3.63) is 59.7 Å². The first kappa shape index (κ1) is 15.4. The summed E-state index contributed by atoms with van der Waals surface area (Å²) in [6.07, 6.45) is 6.72. The molecule has 2 aromatic heterocycles. The van der Waals surface area contributed by atoms with Crippen LogP contribution in [0.15, 0.2) is 47.8 Å². The highest BCUT2D eigenvalue weighted by Crippen LogP contribution is 2.16. The Morgan fingerprint density at radius 2 is 1.87 bits per heavy atom. The van der Waals surface area contributed by atoms with Gasteiger partial charge in [0.2, 0.25) is 0 Å². The summed E-state index contributed by atoms with van der Waals surface area (Å²) in [6, 6.07) is 6.92. The lowest BCUT2D eigenvalue weighted by molar-refractivity contribution is 0.596. The van der Waals surface area contributed by atoms with Crippen LogP contribution in [0.4, 0.5) is 0 Å². The summed E-state index contributed by atoms with van der Waals surface area (Å²) in [5.74, 6) is 0. The molecule has 1 aromatic carbocycles. The van der Waals surface area contributed by atoms with Crippen molar-refractivity contribution in [2.24, 2.45) is 0 Å². The van der Waals surface area contributed by atoms with Crippen molar-refractivity contribution in [3.63, 3.8) is 0 Å². The molecule has 0 aliphatic carbocycles. The second-order valence-electron chi connectivity index (χ2n) is 5.50. The molecule has 0 atom stereocenters. The van der Waals surface area contributed by atoms with E-state index in [1.54, 1.807) is 40.0 Å². The van der Waals surface area contributed by atoms with Crippen LogP contribution >= 0.6 is 0 Å². The van der Waals surface area contributed by atoms with Gasteiger partial charge >= 0.3 is 0 Å². The van der Waals surface area contributed by atoms with Gasteiger partial charge in [0.05, 0.1) is 30.4 Å². The van der Waals surface area contributed by atoms with Crippen LogP contribution in [0.3, 0.4) is 0 Å². The van der Waals surface area contributed by atoms with Crippen LogP contribution in [-0.4, -0.2) is 39.4 Å². The van der Waals surface area contributed by atoms with E-state index in [-0.39, 0.29) is 0 Å². The van der Waals surface area contributed by atoms with Crippen LogP contribution in [0.25, 0.3) is 0 Å². The van der Waals surface area contributed by atoms with Gasteiger partial charge in [-0.2, -0.15) is 5.10 Å². The molecule has 0 fully saturated rings. The van der Waals surface area contributed by atoms with Crippen molar-refractivity contribution >= 4 is 9.84 Å². The Hall–Kier alpha value is -2.48. The molecule has 7 nitrogen and oxygen atoms in total. The van der Waals surface area contributed by atoms with E-state index in [1.165, 1.54) is 6.26 Å². The summed E-state index contributed by atoms with van der Waals surface area (Å²) in [4.78, 5) is 0.319. The third-order valence-corrected chi connectivity index (χ3v) is 4.57. The Kier molecular flexibility index (Phi) is 3.99. The molecule has 120 valence electrons. The van der Waals surface area contributed by atoms with Gasteiger partial charge in [0.1, 0.15) is 5.69 Å². The Balaban J connectivity index is 1.80. The first-order valence-electron chi connectivity index (χ1n) is 7.08. The highest BCUT2D eigenvalue weighted by Gasteiger charge is 2.13. The van der Waals surface area contributed by atoms with E-state index in [2.05, 4.69) is 15.4 Å². The Morgan fingerprint density at radius 3 is 2.57 bits per heavy atom. The zero-order chi connectivity index (χ0) is 16.4. The second-order valence-corrected chi connectivity index (χ2v) is 7.49. The molecule has 0 saturated carbocycles. The lowest BCUT2D eigenvalue weighted by atomic mass is 10.2. The third-order valence-electron chi connectivity index (χ3n) is 3.38. The average Bonchev–Trinajstić information content (AvgIpc) is 3.08. The van der Waals surface area contributed by atoms with Gasteiger partial charge in [-0.3, -0.25) is 4.68 Å². The smallest absolute Gasteiger partial charge is 0.175 e. The molecule has 0 saturated heterocycles. The number of rotatable bonds is 5. The van der Waals surface area contributed by atoms with Crippen LogP contribution in [0.2, 0.25) is 0 Å². The van der Waals surface area contributed by atoms with Crippen LogP contribution in [0.1, 0.15) is 16.8 Å². The predicted molar refractivity (Wildman–Crippen MR) is 84.7 cm³/mol. The normalized spacial score (nSPS) is 11.7. The number of aromatic nitrogens is 5. The summed E-state index contributed by atoms with van der Waals surface area (Å²) in [5, 5.41) is 12.4. The molecule has 0 bridgehead atoms. The van der Waals surface area contributed by atoms with E-state index in [1.807, 2.05) is 19.2 Å². The highest BCUT2D eigenvalue weighted by molar-refractivity contribution is 7.90. The monoisotopic (exact) mass is 331 g/mol. The fourth-order valence-corrected chi connectivity index (χ4v) is 3.31.